The number of anilines is 1. The lowest BCUT2D eigenvalue weighted by atomic mass is 10.0. The Morgan fingerprint density at radius 2 is 1.89 bits per heavy atom. The third-order valence-corrected chi connectivity index (χ3v) is 5.28. The van der Waals surface area contributed by atoms with E-state index in [0.29, 0.717) is 39.7 Å². The molecule has 0 bridgehead atoms. The zero-order valence-corrected chi connectivity index (χ0v) is 16.2. The van der Waals surface area contributed by atoms with Crippen molar-refractivity contribution in [3.8, 4) is 11.3 Å². The maximum atomic E-state index is 13.6. The van der Waals surface area contributed by atoms with Crippen molar-refractivity contribution >= 4 is 29.1 Å². The smallest absolute Gasteiger partial charge is 0.264 e. The number of fused-ring (bicyclic) bond motifs is 1. The Hall–Kier alpha value is -3.12. The fraction of sp³-hybridized carbons (Fsp3) is 0.190. The Labute approximate surface area is 167 Å². The lowest BCUT2D eigenvalue weighted by molar-refractivity contribution is -0.121. The molecule has 28 heavy (non-hydrogen) atoms. The second-order valence-electron chi connectivity index (χ2n) is 6.58. The van der Waals surface area contributed by atoms with Crippen LogP contribution in [-0.2, 0) is 11.2 Å². The SMILES string of the molecule is CNC(=O)C1Cc2ccccc2N1C(=O)c1c(-c2ccccc2Cl)noc1C. The summed E-state index contributed by atoms with van der Waals surface area (Å²) in [5.41, 5.74) is 2.94. The molecule has 0 spiro atoms. The summed E-state index contributed by atoms with van der Waals surface area (Å²) in [7, 11) is 1.56. The van der Waals surface area contributed by atoms with Crippen LogP contribution in [0.5, 0.6) is 0 Å². The van der Waals surface area contributed by atoms with Crippen molar-refractivity contribution < 1.29 is 14.1 Å². The summed E-state index contributed by atoms with van der Waals surface area (Å²) in [5.74, 6) is -0.190. The van der Waals surface area contributed by atoms with Crippen LogP contribution in [0, 0.1) is 6.92 Å². The van der Waals surface area contributed by atoms with Gasteiger partial charge in [-0.15, -0.1) is 0 Å². The lowest BCUT2D eigenvalue weighted by Crippen LogP contribution is -2.47. The van der Waals surface area contributed by atoms with Gasteiger partial charge in [0, 0.05) is 24.7 Å². The Morgan fingerprint density at radius 1 is 1.18 bits per heavy atom. The molecular weight excluding hydrogens is 378 g/mol. The molecule has 6 nitrogen and oxygen atoms in total. The van der Waals surface area contributed by atoms with Gasteiger partial charge in [-0.3, -0.25) is 14.5 Å². The zero-order chi connectivity index (χ0) is 19.8. The van der Waals surface area contributed by atoms with E-state index in [1.54, 1.807) is 32.2 Å². The summed E-state index contributed by atoms with van der Waals surface area (Å²) in [5, 5.41) is 7.19. The van der Waals surface area contributed by atoms with Crippen LogP contribution in [0.4, 0.5) is 5.69 Å². The van der Waals surface area contributed by atoms with Gasteiger partial charge in [0.1, 0.15) is 23.1 Å². The summed E-state index contributed by atoms with van der Waals surface area (Å²) in [6.07, 6.45) is 0.452. The Bertz CT molecular complexity index is 1080. The lowest BCUT2D eigenvalue weighted by Gasteiger charge is -2.24. The molecule has 0 saturated heterocycles. The second kappa shape index (κ2) is 7.13. The number of nitrogens with one attached hydrogen (secondary N) is 1. The molecule has 1 atom stereocenters. The van der Waals surface area contributed by atoms with Crippen LogP contribution in [0.3, 0.4) is 0 Å². The Morgan fingerprint density at radius 3 is 2.64 bits per heavy atom. The monoisotopic (exact) mass is 395 g/mol. The topological polar surface area (TPSA) is 75.4 Å². The van der Waals surface area contributed by atoms with E-state index in [-0.39, 0.29) is 11.8 Å². The highest BCUT2D eigenvalue weighted by Gasteiger charge is 2.40. The molecule has 1 aliphatic heterocycles. The average Bonchev–Trinajstić information content (AvgIpc) is 3.28. The maximum absolute atomic E-state index is 13.6. The minimum atomic E-state index is -0.636. The van der Waals surface area contributed by atoms with E-state index in [9.17, 15) is 9.59 Å². The molecule has 3 aromatic rings. The van der Waals surface area contributed by atoms with Gasteiger partial charge in [0.2, 0.25) is 5.91 Å². The molecule has 2 aromatic carbocycles. The quantitative estimate of drug-likeness (QED) is 0.734. The van der Waals surface area contributed by atoms with Crippen LogP contribution in [0.2, 0.25) is 5.02 Å². The minimum absolute atomic E-state index is 0.224. The van der Waals surface area contributed by atoms with Crippen LogP contribution in [0.25, 0.3) is 11.3 Å². The van der Waals surface area contributed by atoms with Crippen molar-refractivity contribution in [3.63, 3.8) is 0 Å². The van der Waals surface area contributed by atoms with Crippen molar-refractivity contribution in [1.29, 1.82) is 0 Å². The number of carbonyl (C=O) groups is 2. The van der Waals surface area contributed by atoms with Crippen LogP contribution < -0.4 is 10.2 Å². The van der Waals surface area contributed by atoms with Crippen molar-refractivity contribution in [2.75, 3.05) is 11.9 Å². The van der Waals surface area contributed by atoms with Crippen LogP contribution in [-0.4, -0.2) is 30.1 Å². The maximum Gasteiger partial charge on any atom is 0.264 e. The minimum Gasteiger partial charge on any atom is -0.360 e. The first-order valence-corrected chi connectivity index (χ1v) is 9.25. The molecular formula is C21H18ClN3O3. The first-order chi connectivity index (χ1) is 13.5. The molecule has 142 valence electrons. The summed E-state index contributed by atoms with van der Waals surface area (Å²) in [6.45, 7) is 1.68. The van der Waals surface area contributed by atoms with E-state index in [1.165, 1.54) is 4.90 Å². The van der Waals surface area contributed by atoms with E-state index in [0.717, 1.165) is 5.56 Å². The largest absolute Gasteiger partial charge is 0.360 e. The molecule has 0 aliphatic carbocycles. The number of benzene rings is 2. The van der Waals surface area contributed by atoms with E-state index in [2.05, 4.69) is 10.5 Å². The molecule has 0 radical (unpaired) electrons. The molecule has 1 aromatic heterocycles. The standard InChI is InChI=1S/C21H18ClN3O3/c1-12-18(19(24-28-12)14-8-4-5-9-15(14)22)21(27)25-16-10-6-3-7-13(16)11-17(25)20(26)23-2/h3-10,17H,11H2,1-2H3,(H,23,26). The molecule has 2 amide bonds. The first-order valence-electron chi connectivity index (χ1n) is 8.87. The van der Waals surface area contributed by atoms with E-state index >= 15 is 0 Å². The van der Waals surface area contributed by atoms with Gasteiger partial charge in [-0.05, 0) is 24.6 Å². The summed E-state index contributed by atoms with van der Waals surface area (Å²) in [4.78, 5) is 27.6. The number of nitrogens with zero attached hydrogens (tertiary/aromatic N) is 2. The summed E-state index contributed by atoms with van der Waals surface area (Å²) in [6, 6.07) is 14.0. The number of amides is 2. The summed E-state index contributed by atoms with van der Waals surface area (Å²) < 4.78 is 5.34. The van der Waals surface area contributed by atoms with Crippen molar-refractivity contribution in [1.82, 2.24) is 10.5 Å². The first kappa shape index (κ1) is 18.3. The van der Waals surface area contributed by atoms with E-state index in [1.807, 2.05) is 30.3 Å². The van der Waals surface area contributed by atoms with Crippen molar-refractivity contribution in [2.24, 2.45) is 0 Å². The van der Waals surface area contributed by atoms with Crippen molar-refractivity contribution in [2.45, 2.75) is 19.4 Å². The highest BCUT2D eigenvalue weighted by atomic mass is 35.5. The molecule has 0 saturated carbocycles. The fourth-order valence-corrected chi connectivity index (χ4v) is 3.82. The number of rotatable bonds is 3. The average molecular weight is 396 g/mol. The number of halogens is 1. The normalized spacial score (nSPS) is 15.4. The number of likely N-dealkylation sites (N-methyl/N-ethyl adjacent to an activating group) is 1. The molecule has 4 rings (SSSR count). The second-order valence-corrected chi connectivity index (χ2v) is 6.99. The molecule has 1 unspecified atom stereocenters. The Kier molecular flexibility index (Phi) is 4.65. The van der Waals surface area contributed by atoms with E-state index in [4.69, 9.17) is 16.1 Å². The summed E-state index contributed by atoms with van der Waals surface area (Å²) >= 11 is 6.32. The number of carbonyl (C=O) groups excluding carboxylic acids is 2. The number of aryl methyl sites for hydroxylation is 1. The van der Waals surface area contributed by atoms with Gasteiger partial charge >= 0.3 is 0 Å². The third kappa shape index (κ3) is 2.86. The highest BCUT2D eigenvalue weighted by Crippen LogP contribution is 2.37. The predicted octanol–water partition coefficient (Wildman–Crippen LogP) is 3.62. The zero-order valence-electron chi connectivity index (χ0n) is 15.4. The number of para-hydroxylation sites is 1. The fourth-order valence-electron chi connectivity index (χ4n) is 3.59. The molecule has 2 heterocycles. The Balaban J connectivity index is 1.84. The number of hydrogen-bond acceptors (Lipinski definition) is 4. The molecule has 1 N–H and O–H groups in total. The number of hydrogen-bond donors (Lipinski definition) is 1. The van der Waals surface area contributed by atoms with Gasteiger partial charge in [-0.1, -0.05) is 53.2 Å². The van der Waals surface area contributed by atoms with Gasteiger partial charge in [0.05, 0.1) is 5.02 Å². The van der Waals surface area contributed by atoms with Crippen LogP contribution in [0.15, 0.2) is 53.1 Å². The predicted molar refractivity (Wildman–Crippen MR) is 106 cm³/mol. The van der Waals surface area contributed by atoms with Crippen LogP contribution in [0.1, 0.15) is 21.7 Å². The molecule has 1 aliphatic rings. The highest BCUT2D eigenvalue weighted by molar-refractivity contribution is 6.33. The van der Waals surface area contributed by atoms with Gasteiger partial charge in [0.15, 0.2) is 0 Å². The van der Waals surface area contributed by atoms with Gasteiger partial charge < -0.3 is 9.84 Å². The van der Waals surface area contributed by atoms with E-state index < -0.39 is 6.04 Å². The van der Waals surface area contributed by atoms with Crippen molar-refractivity contribution in [3.05, 3.63) is 70.4 Å². The molecule has 0 fully saturated rings. The third-order valence-electron chi connectivity index (χ3n) is 4.95. The molecule has 7 heteroatoms. The number of aromatic nitrogens is 1. The van der Waals surface area contributed by atoms with Gasteiger partial charge in [-0.2, -0.15) is 0 Å². The van der Waals surface area contributed by atoms with Gasteiger partial charge in [0.25, 0.3) is 5.91 Å². The van der Waals surface area contributed by atoms with Gasteiger partial charge in [-0.25, -0.2) is 0 Å². The van der Waals surface area contributed by atoms with Crippen LogP contribution >= 0.6 is 11.6 Å².